The van der Waals surface area contributed by atoms with Crippen molar-refractivity contribution in [2.45, 2.75) is 49.6 Å². The van der Waals surface area contributed by atoms with E-state index in [1.165, 1.54) is 11.1 Å². The predicted molar refractivity (Wildman–Crippen MR) is 110 cm³/mol. The standard InChI is InChI=1S/C21H21Cl2N5/c22-20-17(2-1-9-25-20)14-5-7-21(23,8-6-14)16-3-4-18-15(10-16)11-24-12-19-27-26-13-28(18)19/h1-4,9-10,13-14,24H,5-8,11-12H2. The highest BCUT2D eigenvalue weighted by molar-refractivity contribution is 6.30. The van der Waals surface area contributed by atoms with Gasteiger partial charge in [-0.2, -0.15) is 0 Å². The topological polar surface area (TPSA) is 55.6 Å². The number of benzene rings is 1. The van der Waals surface area contributed by atoms with Crippen LogP contribution in [0.2, 0.25) is 5.15 Å². The molecule has 0 spiro atoms. The Bertz CT molecular complexity index is 1010. The van der Waals surface area contributed by atoms with Gasteiger partial charge in [-0.25, -0.2) is 4.98 Å². The number of fused-ring (bicyclic) bond motifs is 3. The molecule has 1 aliphatic carbocycles. The predicted octanol–water partition coefficient (Wildman–Crippen LogP) is 4.71. The van der Waals surface area contributed by atoms with Gasteiger partial charge in [-0.1, -0.05) is 29.8 Å². The molecule has 0 radical (unpaired) electrons. The first-order valence-electron chi connectivity index (χ1n) is 9.67. The molecule has 7 heteroatoms. The molecule has 0 atom stereocenters. The first-order chi connectivity index (χ1) is 13.6. The Hall–Kier alpha value is -1.95. The zero-order chi connectivity index (χ0) is 19.1. The Kier molecular flexibility index (Phi) is 4.62. The molecule has 1 fully saturated rings. The summed E-state index contributed by atoms with van der Waals surface area (Å²) in [4.78, 5) is 3.90. The van der Waals surface area contributed by atoms with E-state index in [9.17, 15) is 0 Å². The largest absolute Gasteiger partial charge is 0.306 e. The number of halogens is 2. The van der Waals surface area contributed by atoms with Crippen LogP contribution in [-0.4, -0.2) is 19.7 Å². The third-order valence-corrected chi connectivity index (χ3v) is 6.99. The molecular weight excluding hydrogens is 393 g/mol. The lowest BCUT2D eigenvalue weighted by Crippen LogP contribution is -2.26. The Labute approximate surface area is 174 Å². The van der Waals surface area contributed by atoms with Crippen molar-refractivity contribution in [2.24, 2.45) is 0 Å². The highest BCUT2D eigenvalue weighted by atomic mass is 35.5. The van der Waals surface area contributed by atoms with Gasteiger partial charge in [0.2, 0.25) is 0 Å². The third kappa shape index (κ3) is 3.11. The van der Waals surface area contributed by atoms with Crippen molar-refractivity contribution in [3.05, 3.63) is 70.5 Å². The summed E-state index contributed by atoms with van der Waals surface area (Å²) in [5.41, 5.74) is 4.70. The molecular formula is C21H21Cl2N5. The van der Waals surface area contributed by atoms with Crippen molar-refractivity contribution in [1.29, 1.82) is 0 Å². The van der Waals surface area contributed by atoms with Crippen LogP contribution in [-0.2, 0) is 18.0 Å². The van der Waals surface area contributed by atoms with Crippen molar-refractivity contribution in [3.8, 4) is 5.69 Å². The molecule has 0 amide bonds. The highest BCUT2D eigenvalue weighted by Gasteiger charge is 2.36. The summed E-state index contributed by atoms with van der Waals surface area (Å²) < 4.78 is 2.06. The van der Waals surface area contributed by atoms with Gasteiger partial charge in [0.1, 0.15) is 11.5 Å². The van der Waals surface area contributed by atoms with Crippen LogP contribution in [0.3, 0.4) is 0 Å². The third-order valence-electron chi connectivity index (χ3n) is 6.08. The second kappa shape index (κ2) is 7.14. The van der Waals surface area contributed by atoms with Crippen LogP contribution in [0.4, 0.5) is 0 Å². The van der Waals surface area contributed by atoms with Gasteiger partial charge >= 0.3 is 0 Å². The van der Waals surface area contributed by atoms with E-state index in [4.69, 9.17) is 23.2 Å². The minimum atomic E-state index is -0.331. The lowest BCUT2D eigenvalue weighted by molar-refractivity contribution is 0.359. The zero-order valence-corrected chi connectivity index (χ0v) is 16.9. The van der Waals surface area contributed by atoms with Gasteiger partial charge in [-0.05, 0) is 60.4 Å². The first-order valence-corrected chi connectivity index (χ1v) is 10.4. The molecule has 5 nitrogen and oxygen atoms in total. The van der Waals surface area contributed by atoms with E-state index in [0.717, 1.165) is 49.3 Å². The van der Waals surface area contributed by atoms with Gasteiger partial charge in [0.15, 0.2) is 5.82 Å². The van der Waals surface area contributed by atoms with Gasteiger partial charge < -0.3 is 5.32 Å². The Balaban J connectivity index is 1.40. The fourth-order valence-corrected chi connectivity index (χ4v) is 5.12. The van der Waals surface area contributed by atoms with Crippen LogP contribution in [0, 0.1) is 0 Å². The molecule has 3 aromatic rings. The van der Waals surface area contributed by atoms with Crippen molar-refractivity contribution in [3.63, 3.8) is 0 Å². The molecule has 1 aromatic carbocycles. The molecule has 1 aliphatic heterocycles. The molecule has 1 N–H and O–H groups in total. The van der Waals surface area contributed by atoms with Gasteiger partial charge in [0.05, 0.1) is 17.1 Å². The molecule has 5 rings (SSSR count). The van der Waals surface area contributed by atoms with Gasteiger partial charge in [-0.15, -0.1) is 21.8 Å². The van der Waals surface area contributed by atoms with Gasteiger partial charge in [0.25, 0.3) is 0 Å². The van der Waals surface area contributed by atoms with E-state index >= 15 is 0 Å². The zero-order valence-electron chi connectivity index (χ0n) is 15.4. The van der Waals surface area contributed by atoms with Gasteiger partial charge in [0, 0.05) is 12.7 Å². The summed E-state index contributed by atoms with van der Waals surface area (Å²) in [5.74, 6) is 1.36. The SMILES string of the molecule is Clc1ncccc1C1CCC(Cl)(c2ccc3c(c2)CNCc2nncn2-3)CC1. The molecule has 28 heavy (non-hydrogen) atoms. The summed E-state index contributed by atoms with van der Waals surface area (Å²) in [5, 5.41) is 12.3. The molecule has 3 heterocycles. The summed E-state index contributed by atoms with van der Waals surface area (Å²) >= 11 is 13.5. The second-order valence-corrected chi connectivity index (χ2v) is 8.77. The minimum Gasteiger partial charge on any atom is -0.306 e. The number of nitrogens with zero attached hydrogens (tertiary/aromatic N) is 4. The van der Waals surface area contributed by atoms with Crippen LogP contribution in [0.5, 0.6) is 0 Å². The van der Waals surface area contributed by atoms with E-state index in [2.05, 4.69) is 49.3 Å². The maximum atomic E-state index is 7.15. The van der Waals surface area contributed by atoms with Crippen molar-refractivity contribution in [2.75, 3.05) is 0 Å². The van der Waals surface area contributed by atoms with Crippen LogP contribution in [0.25, 0.3) is 5.69 Å². The van der Waals surface area contributed by atoms with Gasteiger partial charge in [-0.3, -0.25) is 4.57 Å². The number of rotatable bonds is 2. The van der Waals surface area contributed by atoms with E-state index in [1.807, 2.05) is 6.07 Å². The van der Waals surface area contributed by atoms with Crippen LogP contribution in [0.1, 0.15) is 54.1 Å². The maximum absolute atomic E-state index is 7.15. The summed E-state index contributed by atoms with van der Waals surface area (Å²) in [6, 6.07) is 10.6. The quantitative estimate of drug-likeness (QED) is 0.488. The van der Waals surface area contributed by atoms with Crippen LogP contribution < -0.4 is 5.32 Å². The second-order valence-electron chi connectivity index (χ2n) is 7.69. The van der Waals surface area contributed by atoms with Crippen molar-refractivity contribution < 1.29 is 0 Å². The van der Waals surface area contributed by atoms with E-state index in [-0.39, 0.29) is 4.87 Å². The number of hydrogen-bond donors (Lipinski definition) is 1. The molecule has 2 aliphatic rings. The molecule has 1 saturated carbocycles. The first kappa shape index (κ1) is 18.1. The Morgan fingerprint density at radius 1 is 1.14 bits per heavy atom. The molecule has 0 unspecified atom stereocenters. The Morgan fingerprint density at radius 3 is 2.82 bits per heavy atom. The number of alkyl halides is 1. The summed E-state index contributed by atoms with van der Waals surface area (Å²) in [6.45, 7) is 1.51. The average molecular weight is 414 g/mol. The maximum Gasteiger partial charge on any atom is 0.151 e. The van der Waals surface area contributed by atoms with E-state index in [1.54, 1.807) is 12.5 Å². The molecule has 2 aromatic heterocycles. The normalized spacial score (nSPS) is 24.3. The monoisotopic (exact) mass is 413 g/mol. The van der Waals surface area contributed by atoms with Crippen molar-refractivity contribution >= 4 is 23.2 Å². The van der Waals surface area contributed by atoms with E-state index < -0.39 is 0 Å². The van der Waals surface area contributed by atoms with Crippen molar-refractivity contribution in [1.82, 2.24) is 25.1 Å². The summed E-state index contributed by atoms with van der Waals surface area (Å²) in [6.07, 6.45) is 7.40. The van der Waals surface area contributed by atoms with Crippen LogP contribution >= 0.6 is 23.2 Å². The highest BCUT2D eigenvalue weighted by Crippen LogP contribution is 2.48. The number of aromatic nitrogens is 4. The number of pyridine rings is 1. The average Bonchev–Trinajstić information content (AvgIpc) is 3.10. The summed E-state index contributed by atoms with van der Waals surface area (Å²) in [7, 11) is 0. The number of nitrogens with one attached hydrogen (secondary N) is 1. The van der Waals surface area contributed by atoms with E-state index in [0.29, 0.717) is 17.6 Å². The number of hydrogen-bond acceptors (Lipinski definition) is 4. The fraction of sp³-hybridized carbons (Fsp3) is 0.381. The molecule has 0 saturated heterocycles. The fourth-order valence-electron chi connectivity index (χ4n) is 4.51. The lowest BCUT2D eigenvalue weighted by atomic mass is 9.75. The molecule has 144 valence electrons. The smallest absolute Gasteiger partial charge is 0.151 e. The Morgan fingerprint density at radius 2 is 2.00 bits per heavy atom. The molecule has 0 bridgehead atoms. The minimum absolute atomic E-state index is 0.331. The lowest BCUT2D eigenvalue weighted by Gasteiger charge is -2.36. The van der Waals surface area contributed by atoms with Crippen LogP contribution in [0.15, 0.2) is 42.9 Å².